The lowest BCUT2D eigenvalue weighted by Gasteiger charge is -2.27. The summed E-state index contributed by atoms with van der Waals surface area (Å²) in [5.74, 6) is 0.523. The molecule has 110 valence electrons. The number of phenolic OH excluding ortho intramolecular Hbond substituents is 1. The van der Waals surface area contributed by atoms with E-state index in [9.17, 15) is 9.90 Å². The molecule has 1 amide bonds. The highest BCUT2D eigenvalue weighted by Gasteiger charge is 2.25. The molecule has 0 radical (unpaired) electrons. The first kappa shape index (κ1) is 15.5. The van der Waals surface area contributed by atoms with Gasteiger partial charge in [0.15, 0.2) is 4.96 Å². The number of hydrogen-bond donors (Lipinski definition) is 1. The van der Waals surface area contributed by atoms with E-state index in [0.717, 1.165) is 12.8 Å². The van der Waals surface area contributed by atoms with Crippen LogP contribution in [0, 0.1) is 5.92 Å². The first-order valence-corrected chi connectivity index (χ1v) is 7.84. The molecule has 0 aliphatic heterocycles. The summed E-state index contributed by atoms with van der Waals surface area (Å²) in [6.45, 7) is 0. The Labute approximate surface area is 129 Å². The Morgan fingerprint density at radius 1 is 1.20 bits per heavy atom. The van der Waals surface area contributed by atoms with Gasteiger partial charge in [-0.3, -0.25) is 9.69 Å². The number of phenols is 1. The van der Waals surface area contributed by atoms with Crippen LogP contribution in [0.25, 0.3) is 0 Å². The summed E-state index contributed by atoms with van der Waals surface area (Å²) in [5.41, 5.74) is 0.610. The fraction of sp³-hybridized carbons (Fsp3) is 0.533. The number of amides is 1. The van der Waals surface area contributed by atoms with Crippen molar-refractivity contribution in [1.29, 1.82) is 0 Å². The standard InChI is InChI=1S/C15H19Cl2NO2/c16-15(17)18(12-6-8-13(19)9-7-12)14(20)10-11-4-2-1-3-5-11/h6-9,11,15,19H,1-5,10H2. The summed E-state index contributed by atoms with van der Waals surface area (Å²) in [5, 5.41) is 9.31. The summed E-state index contributed by atoms with van der Waals surface area (Å²) in [6, 6.07) is 6.33. The molecule has 0 atom stereocenters. The fourth-order valence-electron chi connectivity index (χ4n) is 2.72. The lowest BCUT2D eigenvalue weighted by molar-refractivity contribution is -0.119. The van der Waals surface area contributed by atoms with Gasteiger partial charge in [0, 0.05) is 12.1 Å². The summed E-state index contributed by atoms with van der Waals surface area (Å²) in [4.78, 5) is 12.9. The van der Waals surface area contributed by atoms with Gasteiger partial charge in [-0.2, -0.15) is 0 Å². The molecule has 0 spiro atoms. The van der Waals surface area contributed by atoms with E-state index < -0.39 is 4.96 Å². The lowest BCUT2D eigenvalue weighted by atomic mass is 9.86. The highest BCUT2D eigenvalue weighted by molar-refractivity contribution is 6.47. The molecule has 3 nitrogen and oxygen atoms in total. The number of halogens is 2. The molecule has 0 aromatic heterocycles. The molecule has 0 heterocycles. The molecule has 1 aromatic rings. The van der Waals surface area contributed by atoms with Crippen LogP contribution in [0.2, 0.25) is 0 Å². The van der Waals surface area contributed by atoms with Crippen LogP contribution in [0.4, 0.5) is 5.69 Å². The predicted octanol–water partition coefficient (Wildman–Crippen LogP) is 4.46. The van der Waals surface area contributed by atoms with Gasteiger partial charge in [0.2, 0.25) is 5.91 Å². The SMILES string of the molecule is O=C(CC1CCCCC1)N(c1ccc(O)cc1)C(Cl)Cl. The zero-order valence-electron chi connectivity index (χ0n) is 11.3. The van der Waals surface area contributed by atoms with Gasteiger partial charge >= 0.3 is 0 Å². The topological polar surface area (TPSA) is 40.5 Å². The van der Waals surface area contributed by atoms with Crippen LogP contribution in [0.15, 0.2) is 24.3 Å². The van der Waals surface area contributed by atoms with Crippen LogP contribution in [0.3, 0.4) is 0 Å². The maximum absolute atomic E-state index is 12.4. The molecule has 1 fully saturated rings. The van der Waals surface area contributed by atoms with Gasteiger partial charge in [-0.15, -0.1) is 0 Å². The minimum absolute atomic E-state index is 0.0578. The Balaban J connectivity index is 2.07. The first-order valence-electron chi connectivity index (χ1n) is 6.97. The molecule has 1 aliphatic carbocycles. The minimum atomic E-state index is -0.921. The van der Waals surface area contributed by atoms with E-state index in [-0.39, 0.29) is 11.7 Å². The number of carbonyl (C=O) groups excluding carboxylic acids is 1. The van der Waals surface area contributed by atoms with Crippen molar-refractivity contribution in [3.63, 3.8) is 0 Å². The summed E-state index contributed by atoms with van der Waals surface area (Å²) in [7, 11) is 0. The average Bonchev–Trinajstić information content (AvgIpc) is 2.42. The summed E-state index contributed by atoms with van der Waals surface area (Å²) >= 11 is 11.9. The van der Waals surface area contributed by atoms with Crippen molar-refractivity contribution in [2.24, 2.45) is 5.92 Å². The monoisotopic (exact) mass is 315 g/mol. The van der Waals surface area contributed by atoms with E-state index in [1.54, 1.807) is 12.1 Å². The van der Waals surface area contributed by atoms with Gasteiger partial charge in [-0.05, 0) is 43.0 Å². The van der Waals surface area contributed by atoms with Crippen LogP contribution in [0.1, 0.15) is 38.5 Å². The van der Waals surface area contributed by atoms with Gasteiger partial charge in [0.1, 0.15) is 5.75 Å². The molecule has 1 N–H and O–H groups in total. The number of rotatable bonds is 4. The minimum Gasteiger partial charge on any atom is -0.508 e. The van der Waals surface area contributed by atoms with Crippen molar-refractivity contribution < 1.29 is 9.90 Å². The van der Waals surface area contributed by atoms with Gasteiger partial charge in [-0.25, -0.2) is 0 Å². The molecule has 1 saturated carbocycles. The van der Waals surface area contributed by atoms with Gasteiger partial charge in [0.25, 0.3) is 0 Å². The second-order valence-corrected chi connectivity index (χ2v) is 6.32. The van der Waals surface area contributed by atoms with E-state index >= 15 is 0 Å². The van der Waals surface area contributed by atoms with Gasteiger partial charge in [-0.1, -0.05) is 42.5 Å². The Bertz CT molecular complexity index is 442. The van der Waals surface area contributed by atoms with E-state index in [1.807, 2.05) is 0 Å². The predicted molar refractivity (Wildman–Crippen MR) is 82.3 cm³/mol. The number of hydrogen-bond acceptors (Lipinski definition) is 2. The Morgan fingerprint density at radius 2 is 1.80 bits per heavy atom. The van der Waals surface area contributed by atoms with E-state index in [2.05, 4.69) is 0 Å². The van der Waals surface area contributed by atoms with E-state index in [1.165, 1.54) is 36.3 Å². The first-order chi connectivity index (χ1) is 9.58. The zero-order chi connectivity index (χ0) is 14.5. The van der Waals surface area contributed by atoms with E-state index in [0.29, 0.717) is 18.0 Å². The van der Waals surface area contributed by atoms with Gasteiger partial charge in [0.05, 0.1) is 0 Å². The van der Waals surface area contributed by atoms with Crippen LogP contribution < -0.4 is 4.90 Å². The number of aromatic hydroxyl groups is 1. The van der Waals surface area contributed by atoms with Crippen molar-refractivity contribution in [1.82, 2.24) is 0 Å². The third-order valence-electron chi connectivity index (χ3n) is 3.78. The quantitative estimate of drug-likeness (QED) is 0.658. The molecule has 0 unspecified atom stereocenters. The van der Waals surface area contributed by atoms with Crippen molar-refractivity contribution in [2.45, 2.75) is 43.5 Å². The summed E-state index contributed by atoms with van der Waals surface area (Å²) < 4.78 is 0. The van der Waals surface area contributed by atoms with Crippen molar-refractivity contribution in [3.05, 3.63) is 24.3 Å². The Kier molecular flexibility index (Phi) is 5.55. The summed E-state index contributed by atoms with van der Waals surface area (Å²) in [6.07, 6.45) is 6.34. The highest BCUT2D eigenvalue weighted by atomic mass is 35.5. The molecule has 0 bridgehead atoms. The van der Waals surface area contributed by atoms with Crippen LogP contribution in [-0.2, 0) is 4.79 Å². The number of anilines is 1. The van der Waals surface area contributed by atoms with Gasteiger partial charge < -0.3 is 5.11 Å². The van der Waals surface area contributed by atoms with Crippen LogP contribution in [-0.4, -0.2) is 16.0 Å². The molecule has 1 aliphatic rings. The molecule has 1 aromatic carbocycles. The highest BCUT2D eigenvalue weighted by Crippen LogP contribution is 2.30. The molecular formula is C15H19Cl2NO2. The second kappa shape index (κ2) is 7.19. The second-order valence-electron chi connectivity index (χ2n) is 5.27. The Morgan fingerprint density at radius 3 is 2.35 bits per heavy atom. The Hall–Kier alpha value is -0.930. The molecular weight excluding hydrogens is 297 g/mol. The number of nitrogens with zero attached hydrogens (tertiary/aromatic N) is 1. The van der Waals surface area contributed by atoms with Crippen molar-refractivity contribution in [2.75, 3.05) is 4.90 Å². The third kappa shape index (κ3) is 4.03. The van der Waals surface area contributed by atoms with E-state index in [4.69, 9.17) is 23.2 Å². The number of alkyl halides is 2. The third-order valence-corrected chi connectivity index (χ3v) is 4.17. The number of benzene rings is 1. The van der Waals surface area contributed by atoms with Crippen molar-refractivity contribution in [3.8, 4) is 5.75 Å². The molecule has 2 rings (SSSR count). The largest absolute Gasteiger partial charge is 0.508 e. The molecule has 5 heteroatoms. The maximum Gasteiger partial charge on any atom is 0.229 e. The smallest absolute Gasteiger partial charge is 0.229 e. The van der Waals surface area contributed by atoms with Crippen LogP contribution >= 0.6 is 23.2 Å². The molecule has 0 saturated heterocycles. The normalized spacial score (nSPS) is 16.4. The zero-order valence-corrected chi connectivity index (χ0v) is 12.8. The maximum atomic E-state index is 12.4. The average molecular weight is 316 g/mol. The van der Waals surface area contributed by atoms with Crippen LogP contribution in [0.5, 0.6) is 5.75 Å². The lowest BCUT2D eigenvalue weighted by Crippen LogP contribution is -2.35. The number of carbonyl (C=O) groups is 1. The fourth-order valence-corrected chi connectivity index (χ4v) is 3.16. The molecule has 20 heavy (non-hydrogen) atoms. The van der Waals surface area contributed by atoms with Crippen molar-refractivity contribution >= 4 is 34.8 Å².